The Morgan fingerprint density at radius 1 is 1.14 bits per heavy atom. The summed E-state index contributed by atoms with van der Waals surface area (Å²) in [4.78, 5) is 16.6. The van der Waals surface area contributed by atoms with Crippen LogP contribution in [0.3, 0.4) is 0 Å². The Morgan fingerprint density at radius 2 is 1.86 bits per heavy atom. The van der Waals surface area contributed by atoms with E-state index < -0.39 is 0 Å². The Morgan fingerprint density at radius 3 is 2.59 bits per heavy atom. The molecule has 0 radical (unpaired) electrons. The SMILES string of the molecule is Nc1ccc(-c2csc(NC(=O)c3ccccc3Cl)n2)cc1. The number of halogens is 1. The number of hydrogen-bond donors (Lipinski definition) is 2. The lowest BCUT2D eigenvalue weighted by Gasteiger charge is -2.03. The predicted octanol–water partition coefficient (Wildman–Crippen LogP) is 4.30. The second-order valence-electron chi connectivity index (χ2n) is 4.59. The molecule has 0 fully saturated rings. The molecule has 0 aliphatic rings. The fourth-order valence-corrected chi connectivity index (χ4v) is 2.86. The highest BCUT2D eigenvalue weighted by Crippen LogP contribution is 2.26. The van der Waals surface area contributed by atoms with Gasteiger partial charge in [0.2, 0.25) is 0 Å². The summed E-state index contributed by atoms with van der Waals surface area (Å²) in [6.45, 7) is 0. The first-order valence-electron chi connectivity index (χ1n) is 6.51. The lowest BCUT2D eigenvalue weighted by atomic mass is 10.1. The summed E-state index contributed by atoms with van der Waals surface area (Å²) in [5.41, 5.74) is 8.53. The van der Waals surface area contributed by atoms with Crippen molar-refractivity contribution >= 4 is 39.7 Å². The van der Waals surface area contributed by atoms with E-state index in [0.29, 0.717) is 21.4 Å². The fraction of sp³-hybridized carbons (Fsp3) is 0. The van der Waals surface area contributed by atoms with Crippen LogP contribution in [0.1, 0.15) is 10.4 Å². The van der Waals surface area contributed by atoms with E-state index in [4.69, 9.17) is 17.3 Å². The summed E-state index contributed by atoms with van der Waals surface area (Å²) in [5, 5.41) is 5.58. The van der Waals surface area contributed by atoms with E-state index in [-0.39, 0.29) is 5.91 Å². The van der Waals surface area contributed by atoms with E-state index in [9.17, 15) is 4.79 Å². The number of amides is 1. The van der Waals surface area contributed by atoms with Crippen LogP contribution in [-0.2, 0) is 0 Å². The zero-order chi connectivity index (χ0) is 15.5. The van der Waals surface area contributed by atoms with Crippen molar-refractivity contribution in [1.29, 1.82) is 0 Å². The van der Waals surface area contributed by atoms with Gasteiger partial charge in [-0.25, -0.2) is 4.98 Å². The Balaban J connectivity index is 1.78. The number of nitrogens with zero attached hydrogens (tertiary/aromatic N) is 1. The van der Waals surface area contributed by atoms with E-state index in [2.05, 4.69) is 10.3 Å². The summed E-state index contributed by atoms with van der Waals surface area (Å²) in [6.07, 6.45) is 0. The highest BCUT2D eigenvalue weighted by Gasteiger charge is 2.12. The largest absolute Gasteiger partial charge is 0.399 e. The number of thiazole rings is 1. The Bertz CT molecular complexity index is 814. The van der Waals surface area contributed by atoms with Crippen molar-refractivity contribution in [3.05, 3.63) is 64.5 Å². The van der Waals surface area contributed by atoms with Gasteiger partial charge in [0.15, 0.2) is 5.13 Å². The number of hydrogen-bond acceptors (Lipinski definition) is 4. The maximum atomic E-state index is 12.2. The summed E-state index contributed by atoms with van der Waals surface area (Å²) >= 11 is 7.37. The van der Waals surface area contributed by atoms with Crippen molar-refractivity contribution in [2.45, 2.75) is 0 Å². The molecule has 110 valence electrons. The van der Waals surface area contributed by atoms with Crippen LogP contribution in [0.5, 0.6) is 0 Å². The van der Waals surface area contributed by atoms with Crippen molar-refractivity contribution < 1.29 is 4.79 Å². The first-order chi connectivity index (χ1) is 10.6. The highest BCUT2D eigenvalue weighted by molar-refractivity contribution is 7.14. The maximum absolute atomic E-state index is 12.2. The lowest BCUT2D eigenvalue weighted by molar-refractivity contribution is 0.102. The van der Waals surface area contributed by atoms with Gasteiger partial charge >= 0.3 is 0 Å². The smallest absolute Gasteiger partial charge is 0.258 e. The number of rotatable bonds is 3. The third kappa shape index (κ3) is 3.10. The zero-order valence-electron chi connectivity index (χ0n) is 11.4. The summed E-state index contributed by atoms with van der Waals surface area (Å²) in [7, 11) is 0. The minimum Gasteiger partial charge on any atom is -0.399 e. The van der Waals surface area contributed by atoms with E-state index >= 15 is 0 Å². The van der Waals surface area contributed by atoms with Crippen LogP contribution < -0.4 is 11.1 Å². The minimum absolute atomic E-state index is 0.274. The fourth-order valence-electron chi connectivity index (χ4n) is 1.93. The van der Waals surface area contributed by atoms with Crippen molar-refractivity contribution in [2.75, 3.05) is 11.1 Å². The molecule has 0 bridgehead atoms. The Labute approximate surface area is 136 Å². The quantitative estimate of drug-likeness (QED) is 0.704. The molecule has 6 heteroatoms. The second-order valence-corrected chi connectivity index (χ2v) is 5.86. The van der Waals surface area contributed by atoms with Crippen LogP contribution >= 0.6 is 22.9 Å². The predicted molar refractivity (Wildman–Crippen MR) is 91.4 cm³/mol. The average Bonchev–Trinajstić information content (AvgIpc) is 2.97. The van der Waals surface area contributed by atoms with Crippen molar-refractivity contribution in [3.63, 3.8) is 0 Å². The Hall–Kier alpha value is -2.37. The van der Waals surface area contributed by atoms with Gasteiger partial charge in [0.05, 0.1) is 16.3 Å². The number of anilines is 2. The molecule has 0 atom stereocenters. The number of benzene rings is 2. The van der Waals surface area contributed by atoms with Gasteiger partial charge in [-0.3, -0.25) is 10.1 Å². The monoisotopic (exact) mass is 329 g/mol. The molecule has 0 saturated carbocycles. The van der Waals surface area contributed by atoms with Gasteiger partial charge in [-0.05, 0) is 24.3 Å². The van der Waals surface area contributed by atoms with Crippen LogP contribution in [0, 0.1) is 0 Å². The van der Waals surface area contributed by atoms with Crippen LogP contribution in [0.15, 0.2) is 53.9 Å². The topological polar surface area (TPSA) is 68.0 Å². The molecule has 3 N–H and O–H groups in total. The molecule has 1 heterocycles. The molecule has 1 amide bonds. The molecule has 0 aliphatic heterocycles. The minimum atomic E-state index is -0.274. The molecule has 0 saturated heterocycles. The molecule has 0 unspecified atom stereocenters. The van der Waals surface area contributed by atoms with Crippen LogP contribution in [0.25, 0.3) is 11.3 Å². The summed E-state index contributed by atoms with van der Waals surface area (Å²) in [5.74, 6) is -0.274. The van der Waals surface area contributed by atoms with E-state index in [1.54, 1.807) is 24.3 Å². The number of nitrogens with two attached hydrogens (primary N) is 1. The Kier molecular flexibility index (Phi) is 4.09. The molecular formula is C16H12ClN3OS. The van der Waals surface area contributed by atoms with Crippen LogP contribution in [-0.4, -0.2) is 10.9 Å². The molecule has 0 aliphatic carbocycles. The van der Waals surface area contributed by atoms with Crippen molar-refractivity contribution in [3.8, 4) is 11.3 Å². The van der Waals surface area contributed by atoms with Gasteiger partial charge < -0.3 is 5.73 Å². The van der Waals surface area contributed by atoms with Crippen LogP contribution in [0.2, 0.25) is 5.02 Å². The molecule has 2 aromatic carbocycles. The van der Waals surface area contributed by atoms with Gasteiger partial charge in [0.25, 0.3) is 5.91 Å². The zero-order valence-corrected chi connectivity index (χ0v) is 13.0. The van der Waals surface area contributed by atoms with Gasteiger partial charge in [-0.1, -0.05) is 35.9 Å². The first kappa shape index (κ1) is 14.6. The molecule has 0 spiro atoms. The number of aromatic nitrogens is 1. The van der Waals surface area contributed by atoms with Crippen molar-refractivity contribution in [1.82, 2.24) is 4.98 Å². The van der Waals surface area contributed by atoms with Gasteiger partial charge in [-0.2, -0.15) is 0 Å². The summed E-state index contributed by atoms with van der Waals surface area (Å²) < 4.78 is 0. The van der Waals surface area contributed by atoms with Gasteiger partial charge in [0, 0.05) is 16.6 Å². The highest BCUT2D eigenvalue weighted by atomic mass is 35.5. The van der Waals surface area contributed by atoms with E-state index in [1.807, 2.05) is 29.6 Å². The summed E-state index contributed by atoms with van der Waals surface area (Å²) in [6, 6.07) is 14.3. The molecule has 3 rings (SSSR count). The van der Waals surface area contributed by atoms with E-state index in [0.717, 1.165) is 11.3 Å². The van der Waals surface area contributed by atoms with Crippen LogP contribution in [0.4, 0.5) is 10.8 Å². The van der Waals surface area contributed by atoms with E-state index in [1.165, 1.54) is 11.3 Å². The number of nitrogen functional groups attached to an aromatic ring is 1. The molecule has 22 heavy (non-hydrogen) atoms. The lowest BCUT2D eigenvalue weighted by Crippen LogP contribution is -2.12. The standard InChI is InChI=1S/C16H12ClN3OS/c17-13-4-2-1-3-12(13)15(21)20-16-19-14(9-22-16)10-5-7-11(18)8-6-10/h1-9H,18H2,(H,19,20,21). The molecule has 1 aromatic heterocycles. The third-order valence-electron chi connectivity index (χ3n) is 3.05. The molecule has 3 aromatic rings. The average molecular weight is 330 g/mol. The normalized spacial score (nSPS) is 10.4. The van der Waals surface area contributed by atoms with Gasteiger partial charge in [-0.15, -0.1) is 11.3 Å². The second kappa shape index (κ2) is 6.17. The third-order valence-corrected chi connectivity index (χ3v) is 4.14. The number of nitrogens with one attached hydrogen (secondary N) is 1. The number of carbonyl (C=O) groups is 1. The number of carbonyl (C=O) groups excluding carboxylic acids is 1. The maximum Gasteiger partial charge on any atom is 0.258 e. The van der Waals surface area contributed by atoms with Crippen molar-refractivity contribution in [2.24, 2.45) is 0 Å². The molecule has 4 nitrogen and oxygen atoms in total. The molecular weight excluding hydrogens is 318 g/mol. The first-order valence-corrected chi connectivity index (χ1v) is 7.76. The van der Waals surface area contributed by atoms with Gasteiger partial charge in [0.1, 0.15) is 0 Å².